The van der Waals surface area contributed by atoms with Crippen molar-refractivity contribution in [1.29, 1.82) is 0 Å². The molecule has 118 valence electrons. The number of aliphatic hydroxyl groups is 1. The second-order valence-corrected chi connectivity index (χ2v) is 6.15. The summed E-state index contributed by atoms with van der Waals surface area (Å²) in [6.45, 7) is 3.82. The fourth-order valence-corrected chi connectivity index (χ4v) is 3.52. The Hall–Kier alpha value is -0.880. The lowest BCUT2D eigenvalue weighted by Crippen LogP contribution is -2.47. The summed E-state index contributed by atoms with van der Waals surface area (Å²) in [5.41, 5.74) is 0. The first kappa shape index (κ1) is 15.0. The molecule has 5 heteroatoms. The van der Waals surface area contributed by atoms with E-state index in [0.29, 0.717) is 31.8 Å². The average Bonchev–Trinajstić information content (AvgIpc) is 3.14. The Balaban J connectivity index is 1.33. The first-order valence-corrected chi connectivity index (χ1v) is 8.08. The van der Waals surface area contributed by atoms with Crippen LogP contribution in [0.5, 0.6) is 0 Å². The molecule has 21 heavy (non-hydrogen) atoms. The standard InChI is InChI=1S/C16H26N2O3/c19-13(11-20-12-14-4-3-9-21-14)10-17-15-6-8-18-7-2-1-5-16(15)18/h3-4,9,13,15-17,19H,1-2,5-8,10-12H2. The zero-order chi connectivity index (χ0) is 14.5. The number of fused-ring (bicyclic) bond motifs is 1. The van der Waals surface area contributed by atoms with Gasteiger partial charge in [-0.2, -0.15) is 0 Å². The van der Waals surface area contributed by atoms with Gasteiger partial charge in [0.2, 0.25) is 0 Å². The van der Waals surface area contributed by atoms with Crippen LogP contribution >= 0.6 is 0 Å². The van der Waals surface area contributed by atoms with Crippen molar-refractivity contribution in [3.05, 3.63) is 24.2 Å². The van der Waals surface area contributed by atoms with Gasteiger partial charge in [-0.1, -0.05) is 6.42 Å². The number of ether oxygens (including phenoxy) is 1. The monoisotopic (exact) mass is 294 g/mol. The number of aliphatic hydroxyl groups excluding tert-OH is 1. The first-order chi connectivity index (χ1) is 10.3. The molecule has 0 spiro atoms. The minimum absolute atomic E-state index is 0.342. The van der Waals surface area contributed by atoms with Gasteiger partial charge in [0.25, 0.3) is 0 Å². The smallest absolute Gasteiger partial charge is 0.129 e. The van der Waals surface area contributed by atoms with Crippen molar-refractivity contribution >= 4 is 0 Å². The van der Waals surface area contributed by atoms with E-state index in [4.69, 9.17) is 9.15 Å². The highest BCUT2D eigenvalue weighted by molar-refractivity contribution is 4.96. The maximum absolute atomic E-state index is 10.0. The zero-order valence-corrected chi connectivity index (χ0v) is 12.5. The number of furan rings is 1. The molecular formula is C16H26N2O3. The molecule has 0 bridgehead atoms. The van der Waals surface area contributed by atoms with Crippen LogP contribution in [0.3, 0.4) is 0 Å². The lowest BCUT2D eigenvalue weighted by atomic mass is 9.99. The highest BCUT2D eigenvalue weighted by Gasteiger charge is 2.35. The lowest BCUT2D eigenvalue weighted by molar-refractivity contribution is 0.0207. The second-order valence-electron chi connectivity index (χ2n) is 6.15. The minimum Gasteiger partial charge on any atom is -0.467 e. The summed E-state index contributed by atoms with van der Waals surface area (Å²) in [5.74, 6) is 0.795. The normalized spacial score (nSPS) is 27.7. The predicted molar refractivity (Wildman–Crippen MR) is 80.0 cm³/mol. The largest absolute Gasteiger partial charge is 0.467 e. The van der Waals surface area contributed by atoms with Gasteiger partial charge in [-0.15, -0.1) is 0 Å². The van der Waals surface area contributed by atoms with Crippen molar-refractivity contribution in [2.75, 3.05) is 26.2 Å². The van der Waals surface area contributed by atoms with Gasteiger partial charge in [-0.3, -0.25) is 4.90 Å². The molecule has 2 N–H and O–H groups in total. The second kappa shape index (κ2) is 7.40. The van der Waals surface area contributed by atoms with Gasteiger partial charge in [0.15, 0.2) is 0 Å². The number of rotatable bonds is 7. The molecule has 3 atom stereocenters. The molecule has 0 saturated carbocycles. The van der Waals surface area contributed by atoms with E-state index in [2.05, 4.69) is 10.2 Å². The van der Waals surface area contributed by atoms with Crippen molar-refractivity contribution in [2.24, 2.45) is 0 Å². The summed E-state index contributed by atoms with van der Waals surface area (Å²) in [6.07, 6.45) is 6.35. The molecule has 3 heterocycles. The molecule has 2 aliphatic rings. The maximum atomic E-state index is 10.0. The fraction of sp³-hybridized carbons (Fsp3) is 0.750. The third-order valence-corrected chi connectivity index (χ3v) is 4.61. The summed E-state index contributed by atoms with van der Waals surface area (Å²) in [4.78, 5) is 2.60. The molecule has 2 saturated heterocycles. The van der Waals surface area contributed by atoms with Crippen LogP contribution in [0.4, 0.5) is 0 Å². The maximum Gasteiger partial charge on any atom is 0.129 e. The lowest BCUT2D eigenvalue weighted by Gasteiger charge is -2.33. The van der Waals surface area contributed by atoms with Crippen molar-refractivity contribution in [3.63, 3.8) is 0 Å². The molecule has 0 aromatic carbocycles. The van der Waals surface area contributed by atoms with Crippen LogP contribution in [0.2, 0.25) is 0 Å². The van der Waals surface area contributed by atoms with Crippen LogP contribution in [-0.2, 0) is 11.3 Å². The predicted octanol–water partition coefficient (Wildman–Crippen LogP) is 1.37. The Kier molecular flexibility index (Phi) is 5.30. The Morgan fingerprint density at radius 1 is 1.38 bits per heavy atom. The van der Waals surface area contributed by atoms with Gasteiger partial charge < -0.3 is 19.6 Å². The summed E-state index contributed by atoms with van der Waals surface area (Å²) < 4.78 is 10.7. The summed E-state index contributed by atoms with van der Waals surface area (Å²) in [6, 6.07) is 4.92. The zero-order valence-electron chi connectivity index (χ0n) is 12.5. The third-order valence-electron chi connectivity index (χ3n) is 4.61. The number of nitrogens with one attached hydrogen (secondary N) is 1. The van der Waals surface area contributed by atoms with Gasteiger partial charge in [0, 0.05) is 25.2 Å². The van der Waals surface area contributed by atoms with Crippen LogP contribution in [0.15, 0.2) is 22.8 Å². The van der Waals surface area contributed by atoms with Crippen LogP contribution in [0.1, 0.15) is 31.4 Å². The summed E-state index contributed by atoms with van der Waals surface area (Å²) in [5, 5.41) is 13.5. The molecule has 1 aromatic heterocycles. The molecule has 0 aliphatic carbocycles. The van der Waals surface area contributed by atoms with Crippen molar-refractivity contribution in [3.8, 4) is 0 Å². The molecule has 3 rings (SSSR count). The van der Waals surface area contributed by atoms with E-state index in [-0.39, 0.29) is 0 Å². The highest BCUT2D eigenvalue weighted by atomic mass is 16.5. The minimum atomic E-state index is -0.461. The summed E-state index contributed by atoms with van der Waals surface area (Å²) in [7, 11) is 0. The van der Waals surface area contributed by atoms with E-state index < -0.39 is 6.10 Å². The molecule has 5 nitrogen and oxygen atoms in total. The summed E-state index contributed by atoms with van der Waals surface area (Å²) >= 11 is 0. The van der Waals surface area contributed by atoms with Gasteiger partial charge in [0.1, 0.15) is 12.4 Å². The number of piperidine rings is 1. The third kappa shape index (κ3) is 4.07. The van der Waals surface area contributed by atoms with E-state index in [1.165, 1.54) is 38.8 Å². The SMILES string of the molecule is OC(CNC1CCN2CCCCC12)COCc1ccco1. The molecule has 2 aliphatic heterocycles. The fourth-order valence-electron chi connectivity index (χ4n) is 3.52. The quantitative estimate of drug-likeness (QED) is 0.795. The molecule has 2 fully saturated rings. The number of hydrogen-bond donors (Lipinski definition) is 2. The van der Waals surface area contributed by atoms with Crippen LogP contribution < -0.4 is 5.32 Å². The number of nitrogens with zero attached hydrogens (tertiary/aromatic N) is 1. The van der Waals surface area contributed by atoms with Gasteiger partial charge in [-0.05, 0) is 37.9 Å². The van der Waals surface area contributed by atoms with Gasteiger partial charge in [0.05, 0.1) is 19.0 Å². The van der Waals surface area contributed by atoms with E-state index in [1.807, 2.05) is 12.1 Å². The van der Waals surface area contributed by atoms with Gasteiger partial charge in [-0.25, -0.2) is 0 Å². The highest BCUT2D eigenvalue weighted by Crippen LogP contribution is 2.26. The Labute approximate surface area is 126 Å². The topological polar surface area (TPSA) is 57.9 Å². The molecule has 0 amide bonds. The average molecular weight is 294 g/mol. The van der Waals surface area contributed by atoms with E-state index in [9.17, 15) is 5.11 Å². The first-order valence-electron chi connectivity index (χ1n) is 8.08. The molecular weight excluding hydrogens is 268 g/mol. The molecule has 3 unspecified atom stereocenters. The van der Waals surface area contributed by atoms with Crippen molar-refractivity contribution in [2.45, 2.75) is 50.5 Å². The van der Waals surface area contributed by atoms with Crippen molar-refractivity contribution < 1.29 is 14.3 Å². The van der Waals surface area contributed by atoms with Crippen molar-refractivity contribution in [1.82, 2.24) is 10.2 Å². The van der Waals surface area contributed by atoms with Crippen LogP contribution in [0, 0.1) is 0 Å². The molecule has 1 aromatic rings. The Morgan fingerprint density at radius 3 is 3.19 bits per heavy atom. The van der Waals surface area contributed by atoms with Crippen LogP contribution in [-0.4, -0.2) is 54.4 Å². The van der Waals surface area contributed by atoms with Crippen LogP contribution in [0.25, 0.3) is 0 Å². The van der Waals surface area contributed by atoms with E-state index in [1.54, 1.807) is 6.26 Å². The van der Waals surface area contributed by atoms with Gasteiger partial charge >= 0.3 is 0 Å². The van der Waals surface area contributed by atoms with E-state index >= 15 is 0 Å². The Bertz CT molecular complexity index is 410. The van der Waals surface area contributed by atoms with E-state index in [0.717, 1.165) is 5.76 Å². The Morgan fingerprint density at radius 2 is 2.33 bits per heavy atom. The molecule has 0 radical (unpaired) electrons. The number of hydrogen-bond acceptors (Lipinski definition) is 5.